The minimum atomic E-state index is -0.0614. The molecule has 1 amide bonds. The molecule has 11 heavy (non-hydrogen) atoms. The largest absolute Gasteiger partial charge is 0.273 e. The zero-order valence-corrected chi connectivity index (χ0v) is 6.93. The lowest BCUT2D eigenvalue weighted by atomic mass is 10.2. The summed E-state index contributed by atoms with van der Waals surface area (Å²) < 4.78 is 0. The van der Waals surface area contributed by atoms with Gasteiger partial charge in [0, 0.05) is 6.42 Å². The van der Waals surface area contributed by atoms with Crippen LogP contribution in [0.25, 0.3) is 0 Å². The highest BCUT2D eigenvalue weighted by molar-refractivity contribution is 5.74. The Morgan fingerprint density at radius 3 is 3.00 bits per heavy atom. The normalized spacial score (nSPS) is 9.18. The fourth-order valence-corrected chi connectivity index (χ4v) is 0.569. The van der Waals surface area contributed by atoms with E-state index in [-0.39, 0.29) is 5.91 Å². The Morgan fingerprint density at radius 2 is 2.45 bits per heavy atom. The predicted molar refractivity (Wildman–Crippen MR) is 43.8 cm³/mol. The molecular weight excluding hydrogens is 142 g/mol. The highest BCUT2D eigenvalue weighted by Gasteiger charge is 1.97. The predicted octanol–water partition coefficient (Wildman–Crippen LogP) is 1.41. The highest BCUT2D eigenvalue weighted by atomic mass is 16.6. The van der Waals surface area contributed by atoms with Crippen molar-refractivity contribution in [3.63, 3.8) is 0 Å². The Hall–Kier alpha value is -0.830. The van der Waals surface area contributed by atoms with E-state index in [1.807, 2.05) is 6.92 Å². The molecule has 0 unspecified atom stereocenters. The number of carbonyl (C=O) groups excluding carboxylic acids is 1. The molecule has 0 atom stereocenters. The first-order valence-electron chi connectivity index (χ1n) is 3.82. The molecule has 3 heteroatoms. The molecule has 3 nitrogen and oxygen atoms in total. The van der Waals surface area contributed by atoms with Crippen molar-refractivity contribution in [2.45, 2.75) is 26.2 Å². The molecular formula is C8H15NO2. The summed E-state index contributed by atoms with van der Waals surface area (Å²) in [5.74, 6) is -0.0614. The van der Waals surface area contributed by atoms with Crippen LogP contribution in [0.4, 0.5) is 0 Å². The lowest BCUT2D eigenvalue weighted by Gasteiger charge is -2.01. The van der Waals surface area contributed by atoms with Gasteiger partial charge in [0.15, 0.2) is 0 Å². The van der Waals surface area contributed by atoms with Crippen LogP contribution in [0, 0.1) is 0 Å². The first-order valence-corrected chi connectivity index (χ1v) is 3.82. The van der Waals surface area contributed by atoms with Crippen LogP contribution in [-0.4, -0.2) is 12.5 Å². The zero-order valence-electron chi connectivity index (χ0n) is 6.93. The van der Waals surface area contributed by atoms with Crippen LogP contribution in [0.15, 0.2) is 12.7 Å². The lowest BCUT2D eigenvalue weighted by Crippen LogP contribution is -2.23. The number of unbranched alkanes of at least 4 members (excludes halogenated alkanes) is 1. The molecule has 0 rings (SSSR count). The molecule has 0 aromatic carbocycles. The van der Waals surface area contributed by atoms with Crippen LogP contribution in [0.2, 0.25) is 0 Å². The number of hydrogen-bond donors (Lipinski definition) is 1. The fraction of sp³-hybridized carbons (Fsp3) is 0.625. The Kier molecular flexibility index (Phi) is 6.73. The quantitative estimate of drug-likeness (QED) is 0.359. The fourth-order valence-electron chi connectivity index (χ4n) is 0.569. The minimum Gasteiger partial charge on any atom is -0.273 e. The number of rotatable bonds is 6. The van der Waals surface area contributed by atoms with Crippen molar-refractivity contribution >= 4 is 5.91 Å². The Bertz CT molecular complexity index is 123. The van der Waals surface area contributed by atoms with E-state index in [1.165, 1.54) is 0 Å². The van der Waals surface area contributed by atoms with E-state index >= 15 is 0 Å². The molecule has 0 aliphatic carbocycles. The summed E-state index contributed by atoms with van der Waals surface area (Å²) in [5.41, 5.74) is 2.31. The van der Waals surface area contributed by atoms with Gasteiger partial charge in [0.2, 0.25) is 5.91 Å². The van der Waals surface area contributed by atoms with Gasteiger partial charge in [-0.15, -0.1) is 6.58 Å². The molecule has 0 heterocycles. The van der Waals surface area contributed by atoms with Crippen LogP contribution >= 0.6 is 0 Å². The van der Waals surface area contributed by atoms with Crippen LogP contribution in [0.3, 0.4) is 0 Å². The van der Waals surface area contributed by atoms with Gasteiger partial charge < -0.3 is 0 Å². The molecule has 0 saturated carbocycles. The van der Waals surface area contributed by atoms with Crippen molar-refractivity contribution in [2.75, 3.05) is 6.61 Å². The SMILES string of the molecule is C=CCONC(=O)CCCC. The third-order valence-corrected chi connectivity index (χ3v) is 1.14. The molecule has 0 fully saturated rings. The van der Waals surface area contributed by atoms with Crippen molar-refractivity contribution in [2.24, 2.45) is 0 Å². The van der Waals surface area contributed by atoms with Gasteiger partial charge in [0.25, 0.3) is 0 Å². The summed E-state index contributed by atoms with van der Waals surface area (Å²) in [6.45, 7) is 5.84. The van der Waals surface area contributed by atoms with Gasteiger partial charge in [-0.25, -0.2) is 5.48 Å². The first kappa shape index (κ1) is 10.2. The Balaban J connectivity index is 3.15. The molecule has 1 N–H and O–H groups in total. The molecule has 0 aromatic heterocycles. The average molecular weight is 157 g/mol. The third kappa shape index (κ3) is 7.06. The van der Waals surface area contributed by atoms with E-state index < -0.39 is 0 Å². The number of hydroxylamine groups is 1. The average Bonchev–Trinajstić information content (AvgIpc) is 2.01. The summed E-state index contributed by atoms with van der Waals surface area (Å²) in [5, 5.41) is 0. The molecule has 0 spiro atoms. The molecule has 0 aliphatic rings. The standard InChI is InChI=1S/C8H15NO2/c1-3-5-6-8(10)9-11-7-4-2/h4H,2-3,5-7H2,1H3,(H,9,10). The van der Waals surface area contributed by atoms with E-state index in [0.717, 1.165) is 12.8 Å². The number of nitrogens with one attached hydrogen (secondary N) is 1. The van der Waals surface area contributed by atoms with E-state index in [9.17, 15) is 4.79 Å². The summed E-state index contributed by atoms with van der Waals surface area (Å²) in [7, 11) is 0. The van der Waals surface area contributed by atoms with Crippen molar-refractivity contribution in [3.05, 3.63) is 12.7 Å². The highest BCUT2D eigenvalue weighted by Crippen LogP contribution is 1.92. The van der Waals surface area contributed by atoms with Crippen molar-refractivity contribution < 1.29 is 9.63 Å². The van der Waals surface area contributed by atoms with Gasteiger partial charge in [0.1, 0.15) is 0 Å². The van der Waals surface area contributed by atoms with Crippen LogP contribution in [-0.2, 0) is 9.63 Å². The second-order valence-electron chi connectivity index (χ2n) is 2.23. The summed E-state index contributed by atoms with van der Waals surface area (Å²) in [6.07, 6.45) is 4.05. The monoisotopic (exact) mass is 157 g/mol. The maximum absolute atomic E-state index is 10.8. The van der Waals surface area contributed by atoms with Gasteiger partial charge >= 0.3 is 0 Å². The van der Waals surface area contributed by atoms with E-state index in [1.54, 1.807) is 6.08 Å². The lowest BCUT2D eigenvalue weighted by molar-refractivity contribution is -0.132. The Morgan fingerprint density at radius 1 is 1.73 bits per heavy atom. The van der Waals surface area contributed by atoms with Crippen molar-refractivity contribution in [1.82, 2.24) is 5.48 Å². The zero-order chi connectivity index (χ0) is 8.53. The van der Waals surface area contributed by atoms with Crippen molar-refractivity contribution in [1.29, 1.82) is 0 Å². The number of amides is 1. The van der Waals surface area contributed by atoms with E-state index in [2.05, 4.69) is 12.1 Å². The maximum Gasteiger partial charge on any atom is 0.243 e. The van der Waals surface area contributed by atoms with E-state index in [4.69, 9.17) is 4.84 Å². The first-order chi connectivity index (χ1) is 5.31. The molecule has 64 valence electrons. The van der Waals surface area contributed by atoms with Gasteiger partial charge in [-0.05, 0) is 6.42 Å². The van der Waals surface area contributed by atoms with Crippen LogP contribution in [0.5, 0.6) is 0 Å². The maximum atomic E-state index is 10.8. The van der Waals surface area contributed by atoms with Gasteiger partial charge in [-0.3, -0.25) is 9.63 Å². The second kappa shape index (κ2) is 7.28. The topological polar surface area (TPSA) is 38.3 Å². The molecule has 0 aliphatic heterocycles. The van der Waals surface area contributed by atoms with Crippen LogP contribution in [0.1, 0.15) is 26.2 Å². The smallest absolute Gasteiger partial charge is 0.243 e. The van der Waals surface area contributed by atoms with Crippen LogP contribution < -0.4 is 5.48 Å². The Labute approximate surface area is 67.4 Å². The summed E-state index contributed by atoms with van der Waals surface area (Å²) in [4.78, 5) is 15.5. The molecule has 0 aromatic rings. The second-order valence-corrected chi connectivity index (χ2v) is 2.23. The molecule has 0 bridgehead atoms. The molecule has 0 radical (unpaired) electrons. The molecule has 0 saturated heterocycles. The van der Waals surface area contributed by atoms with Gasteiger partial charge in [-0.2, -0.15) is 0 Å². The van der Waals surface area contributed by atoms with Crippen molar-refractivity contribution in [3.8, 4) is 0 Å². The number of hydrogen-bond acceptors (Lipinski definition) is 2. The third-order valence-electron chi connectivity index (χ3n) is 1.14. The number of carbonyl (C=O) groups is 1. The van der Waals surface area contributed by atoms with Gasteiger partial charge in [-0.1, -0.05) is 19.4 Å². The summed E-state index contributed by atoms with van der Waals surface area (Å²) >= 11 is 0. The summed E-state index contributed by atoms with van der Waals surface area (Å²) in [6, 6.07) is 0. The van der Waals surface area contributed by atoms with Gasteiger partial charge in [0.05, 0.1) is 6.61 Å². The minimum absolute atomic E-state index is 0.0614. The van der Waals surface area contributed by atoms with E-state index in [0.29, 0.717) is 13.0 Å².